The van der Waals surface area contributed by atoms with Gasteiger partial charge in [0, 0.05) is 76.4 Å². The van der Waals surface area contributed by atoms with Crippen LogP contribution in [0.2, 0.25) is 0 Å². The first-order valence-electron chi connectivity index (χ1n) is 10.6. The van der Waals surface area contributed by atoms with Gasteiger partial charge in [-0.1, -0.05) is 18.2 Å². The van der Waals surface area contributed by atoms with Gasteiger partial charge in [0.1, 0.15) is 0 Å². The maximum atomic E-state index is 12.9. The molecule has 0 bridgehead atoms. The Morgan fingerprint density at radius 2 is 1.60 bits per heavy atom. The highest BCUT2D eigenvalue weighted by molar-refractivity contribution is 6.00. The Morgan fingerprint density at radius 3 is 2.30 bits per heavy atom. The molecule has 1 aromatic heterocycles. The molecule has 0 spiro atoms. The summed E-state index contributed by atoms with van der Waals surface area (Å²) in [5.41, 5.74) is 0.875. The topological polar surface area (TPSA) is 72.9 Å². The number of anilines is 2. The first-order chi connectivity index (χ1) is 14.7. The molecule has 5 rings (SSSR count). The van der Waals surface area contributed by atoms with E-state index < -0.39 is 0 Å². The van der Waals surface area contributed by atoms with Gasteiger partial charge in [0.05, 0.1) is 5.92 Å². The third kappa shape index (κ3) is 3.63. The van der Waals surface area contributed by atoms with Gasteiger partial charge in [0.25, 0.3) is 0 Å². The van der Waals surface area contributed by atoms with Crippen LogP contribution < -0.4 is 9.80 Å². The summed E-state index contributed by atoms with van der Waals surface area (Å²) in [4.78, 5) is 42.3. The monoisotopic (exact) mass is 406 g/mol. The average Bonchev–Trinajstić information content (AvgIpc) is 3.16. The fourth-order valence-corrected chi connectivity index (χ4v) is 4.60. The number of hydrogen-bond donors (Lipinski definition) is 0. The quantitative estimate of drug-likeness (QED) is 0.750. The van der Waals surface area contributed by atoms with Crippen molar-refractivity contribution in [1.29, 1.82) is 0 Å². The second-order valence-electron chi connectivity index (χ2n) is 8.21. The van der Waals surface area contributed by atoms with Crippen LogP contribution in [0.5, 0.6) is 0 Å². The van der Waals surface area contributed by atoms with Crippen molar-refractivity contribution in [3.8, 4) is 0 Å². The number of nitrogens with zero attached hydrogens (tertiary/aromatic N) is 6. The van der Waals surface area contributed by atoms with E-state index in [2.05, 4.69) is 19.8 Å². The first-order valence-corrected chi connectivity index (χ1v) is 10.6. The first kappa shape index (κ1) is 19.0. The van der Waals surface area contributed by atoms with Gasteiger partial charge >= 0.3 is 0 Å². The van der Waals surface area contributed by atoms with E-state index >= 15 is 0 Å². The predicted molar refractivity (Wildman–Crippen MR) is 113 cm³/mol. The third-order valence-electron chi connectivity index (χ3n) is 6.38. The molecule has 3 saturated heterocycles. The number of benzene rings is 1. The van der Waals surface area contributed by atoms with Crippen LogP contribution in [0.25, 0.3) is 0 Å². The van der Waals surface area contributed by atoms with Crippen LogP contribution in [-0.4, -0.2) is 83.4 Å². The van der Waals surface area contributed by atoms with Gasteiger partial charge in [-0.2, -0.15) is 0 Å². The van der Waals surface area contributed by atoms with Crippen molar-refractivity contribution in [1.82, 2.24) is 19.8 Å². The van der Waals surface area contributed by atoms with Crippen molar-refractivity contribution < 1.29 is 9.59 Å². The lowest BCUT2D eigenvalue weighted by molar-refractivity contribution is -0.143. The molecule has 3 aliphatic heterocycles. The molecule has 2 amide bonds. The highest BCUT2D eigenvalue weighted by Gasteiger charge is 2.42. The number of aromatic nitrogens is 2. The highest BCUT2D eigenvalue weighted by Crippen LogP contribution is 2.28. The molecule has 0 saturated carbocycles. The minimum Gasteiger partial charge on any atom is -0.339 e. The molecule has 0 N–H and O–H groups in total. The van der Waals surface area contributed by atoms with Crippen molar-refractivity contribution >= 4 is 23.5 Å². The summed E-state index contributed by atoms with van der Waals surface area (Å²) < 4.78 is 0. The maximum absolute atomic E-state index is 12.9. The molecule has 8 heteroatoms. The van der Waals surface area contributed by atoms with Crippen LogP contribution in [-0.2, 0) is 9.59 Å². The molecule has 1 unspecified atom stereocenters. The lowest BCUT2D eigenvalue weighted by atomic mass is 10.0. The van der Waals surface area contributed by atoms with Crippen LogP contribution in [0.1, 0.15) is 6.42 Å². The largest absolute Gasteiger partial charge is 0.339 e. The zero-order valence-electron chi connectivity index (χ0n) is 16.9. The second kappa shape index (κ2) is 8.02. The molecule has 1 aromatic carbocycles. The molecule has 30 heavy (non-hydrogen) atoms. The number of amides is 2. The molecule has 2 aromatic rings. The molecule has 0 aliphatic carbocycles. The number of piperazine rings is 1. The standard InChI is InChI=1S/C22H26N6O2/c29-20-13-17(14-28(20)18-5-2-1-3-6-18)21(30)27-15-19(16-27)25-9-11-26(12-10-25)22-23-7-4-8-24-22/h1-8,17,19H,9-16H2. The summed E-state index contributed by atoms with van der Waals surface area (Å²) in [6, 6.07) is 11.9. The smallest absolute Gasteiger partial charge is 0.228 e. The summed E-state index contributed by atoms with van der Waals surface area (Å²) >= 11 is 0. The number of carbonyl (C=O) groups is 2. The maximum Gasteiger partial charge on any atom is 0.228 e. The number of carbonyl (C=O) groups excluding carboxylic acids is 2. The van der Waals surface area contributed by atoms with Crippen LogP contribution in [0.3, 0.4) is 0 Å². The summed E-state index contributed by atoms with van der Waals surface area (Å²) in [5.74, 6) is 0.715. The lowest BCUT2D eigenvalue weighted by Crippen LogP contribution is -2.65. The van der Waals surface area contributed by atoms with E-state index in [1.165, 1.54) is 0 Å². The zero-order chi connectivity index (χ0) is 20.5. The van der Waals surface area contributed by atoms with Crippen LogP contribution in [0.15, 0.2) is 48.8 Å². The van der Waals surface area contributed by atoms with E-state index in [0.29, 0.717) is 19.0 Å². The van der Waals surface area contributed by atoms with E-state index in [-0.39, 0.29) is 17.7 Å². The molecule has 3 aliphatic rings. The zero-order valence-corrected chi connectivity index (χ0v) is 16.9. The summed E-state index contributed by atoms with van der Waals surface area (Å²) in [6.07, 6.45) is 3.86. The third-order valence-corrected chi connectivity index (χ3v) is 6.38. The van der Waals surface area contributed by atoms with Crippen LogP contribution in [0.4, 0.5) is 11.6 Å². The Bertz CT molecular complexity index is 894. The molecule has 8 nitrogen and oxygen atoms in total. The number of rotatable bonds is 4. The lowest BCUT2D eigenvalue weighted by Gasteiger charge is -2.48. The van der Waals surface area contributed by atoms with Crippen molar-refractivity contribution in [3.63, 3.8) is 0 Å². The molecule has 1 atom stereocenters. The summed E-state index contributed by atoms with van der Waals surface area (Å²) in [6.45, 7) is 5.71. The van der Waals surface area contributed by atoms with E-state index in [1.807, 2.05) is 41.3 Å². The summed E-state index contributed by atoms with van der Waals surface area (Å²) in [7, 11) is 0. The van der Waals surface area contributed by atoms with Gasteiger partial charge in [-0.25, -0.2) is 9.97 Å². The van der Waals surface area contributed by atoms with Gasteiger partial charge in [-0.15, -0.1) is 0 Å². The van der Waals surface area contributed by atoms with Crippen molar-refractivity contribution in [2.24, 2.45) is 5.92 Å². The van der Waals surface area contributed by atoms with Gasteiger partial charge in [0.2, 0.25) is 17.8 Å². The summed E-state index contributed by atoms with van der Waals surface area (Å²) in [5, 5.41) is 0. The SMILES string of the molecule is O=C(C1CC(=O)N(c2ccccc2)C1)N1CC(N2CCN(c3ncccn3)CC2)C1. The van der Waals surface area contributed by atoms with Crippen molar-refractivity contribution in [3.05, 3.63) is 48.8 Å². The molecular weight excluding hydrogens is 380 g/mol. The van der Waals surface area contributed by atoms with Crippen LogP contribution >= 0.6 is 0 Å². The van der Waals surface area contributed by atoms with Gasteiger partial charge in [-0.3, -0.25) is 14.5 Å². The molecular formula is C22H26N6O2. The Morgan fingerprint density at radius 1 is 0.900 bits per heavy atom. The Kier molecular flexibility index (Phi) is 5.08. The number of likely N-dealkylation sites (tertiary alicyclic amines) is 1. The molecule has 0 radical (unpaired) electrons. The Labute approximate surface area is 176 Å². The Hall–Kier alpha value is -3.00. The number of hydrogen-bond acceptors (Lipinski definition) is 6. The molecule has 4 heterocycles. The fraction of sp³-hybridized carbons (Fsp3) is 0.455. The fourth-order valence-electron chi connectivity index (χ4n) is 4.60. The van der Waals surface area contributed by atoms with E-state index in [0.717, 1.165) is 50.9 Å². The average molecular weight is 406 g/mol. The van der Waals surface area contributed by atoms with E-state index in [1.54, 1.807) is 17.3 Å². The minimum atomic E-state index is -0.231. The van der Waals surface area contributed by atoms with Crippen LogP contribution in [0, 0.1) is 5.92 Å². The molecule has 3 fully saturated rings. The van der Waals surface area contributed by atoms with E-state index in [9.17, 15) is 9.59 Å². The highest BCUT2D eigenvalue weighted by atomic mass is 16.2. The molecule has 156 valence electrons. The second-order valence-corrected chi connectivity index (χ2v) is 8.21. The normalized spacial score (nSPS) is 23.0. The van der Waals surface area contributed by atoms with Crippen molar-refractivity contribution in [2.45, 2.75) is 12.5 Å². The van der Waals surface area contributed by atoms with Gasteiger partial charge in [0.15, 0.2) is 0 Å². The number of para-hydroxylation sites is 1. The Balaban J connectivity index is 1.11. The minimum absolute atomic E-state index is 0.0378. The van der Waals surface area contributed by atoms with E-state index in [4.69, 9.17) is 0 Å². The predicted octanol–water partition coefficient (Wildman–Crippen LogP) is 0.862. The van der Waals surface area contributed by atoms with Crippen molar-refractivity contribution in [2.75, 3.05) is 55.6 Å². The van der Waals surface area contributed by atoms with Gasteiger partial charge in [-0.05, 0) is 18.2 Å². The van der Waals surface area contributed by atoms with Gasteiger partial charge < -0.3 is 14.7 Å².